The number of rotatable bonds is 5. The molecule has 0 bridgehead atoms. The largest absolute Gasteiger partial charge is 0.478 e. The SMILES string of the molecule is NCCc1nc(C(=O)Nc2ccccc2C(=O)O)cs1. The molecule has 2 rings (SSSR count). The zero-order valence-electron chi connectivity index (χ0n) is 10.5. The fraction of sp³-hybridized carbons (Fsp3) is 0.154. The van der Waals surface area contributed by atoms with Crippen molar-refractivity contribution in [2.45, 2.75) is 6.42 Å². The van der Waals surface area contributed by atoms with Crippen LogP contribution in [0.3, 0.4) is 0 Å². The fourth-order valence-electron chi connectivity index (χ4n) is 1.62. The highest BCUT2D eigenvalue weighted by Crippen LogP contribution is 2.17. The molecule has 1 aromatic heterocycles. The maximum Gasteiger partial charge on any atom is 0.337 e. The number of anilines is 1. The molecule has 7 heteroatoms. The van der Waals surface area contributed by atoms with Gasteiger partial charge in [0.15, 0.2) is 0 Å². The van der Waals surface area contributed by atoms with E-state index in [4.69, 9.17) is 10.8 Å². The molecule has 0 aliphatic rings. The Morgan fingerprint density at radius 2 is 2.10 bits per heavy atom. The number of nitrogens with zero attached hydrogens (tertiary/aromatic N) is 1. The predicted octanol–water partition coefficient (Wildman–Crippen LogP) is 1.59. The van der Waals surface area contributed by atoms with Crippen LogP contribution < -0.4 is 11.1 Å². The van der Waals surface area contributed by atoms with Gasteiger partial charge in [-0.15, -0.1) is 11.3 Å². The average Bonchev–Trinajstić information content (AvgIpc) is 2.88. The quantitative estimate of drug-likeness (QED) is 0.776. The Morgan fingerprint density at radius 1 is 1.35 bits per heavy atom. The number of aromatic carboxylic acids is 1. The lowest BCUT2D eigenvalue weighted by atomic mass is 10.2. The molecule has 0 saturated carbocycles. The van der Waals surface area contributed by atoms with Crippen LogP contribution in [0.4, 0.5) is 5.69 Å². The first-order valence-corrected chi connectivity index (χ1v) is 6.78. The van der Waals surface area contributed by atoms with Crippen molar-refractivity contribution in [2.75, 3.05) is 11.9 Å². The van der Waals surface area contributed by atoms with Crippen molar-refractivity contribution in [3.8, 4) is 0 Å². The minimum atomic E-state index is -1.09. The normalized spacial score (nSPS) is 10.2. The number of carboxylic acid groups (broad SMARTS) is 1. The molecule has 0 unspecified atom stereocenters. The molecule has 4 N–H and O–H groups in total. The first-order valence-electron chi connectivity index (χ1n) is 5.90. The number of benzene rings is 1. The van der Waals surface area contributed by atoms with Crippen LogP contribution in [0.15, 0.2) is 29.6 Å². The zero-order valence-corrected chi connectivity index (χ0v) is 11.3. The summed E-state index contributed by atoms with van der Waals surface area (Å²) in [5.41, 5.74) is 5.97. The molecule has 20 heavy (non-hydrogen) atoms. The second-order valence-corrected chi connectivity index (χ2v) is 4.91. The Bertz CT molecular complexity index is 639. The van der Waals surface area contributed by atoms with Crippen molar-refractivity contribution in [1.82, 2.24) is 4.98 Å². The van der Waals surface area contributed by atoms with Crippen molar-refractivity contribution in [2.24, 2.45) is 5.73 Å². The maximum absolute atomic E-state index is 12.0. The van der Waals surface area contributed by atoms with Gasteiger partial charge in [0.05, 0.1) is 16.3 Å². The summed E-state index contributed by atoms with van der Waals surface area (Å²) >= 11 is 1.36. The van der Waals surface area contributed by atoms with E-state index in [9.17, 15) is 9.59 Å². The number of carboxylic acids is 1. The summed E-state index contributed by atoms with van der Waals surface area (Å²) in [5, 5.41) is 14.0. The highest BCUT2D eigenvalue weighted by molar-refractivity contribution is 7.09. The third kappa shape index (κ3) is 3.19. The Morgan fingerprint density at radius 3 is 2.80 bits per heavy atom. The highest BCUT2D eigenvalue weighted by atomic mass is 32.1. The number of para-hydroxylation sites is 1. The first kappa shape index (κ1) is 14.2. The molecule has 0 atom stereocenters. The number of thiazole rings is 1. The average molecular weight is 291 g/mol. The molecule has 0 fully saturated rings. The summed E-state index contributed by atoms with van der Waals surface area (Å²) in [6.45, 7) is 0.469. The second-order valence-electron chi connectivity index (χ2n) is 3.97. The number of aromatic nitrogens is 1. The van der Waals surface area contributed by atoms with E-state index in [1.54, 1.807) is 17.5 Å². The van der Waals surface area contributed by atoms with Crippen molar-refractivity contribution < 1.29 is 14.7 Å². The standard InChI is InChI=1S/C13H13N3O3S/c14-6-5-11-15-10(7-20-11)12(17)16-9-4-2-1-3-8(9)13(18)19/h1-4,7H,5-6,14H2,(H,16,17)(H,18,19). The topological polar surface area (TPSA) is 105 Å². The van der Waals surface area contributed by atoms with Gasteiger partial charge in [0.25, 0.3) is 5.91 Å². The van der Waals surface area contributed by atoms with E-state index in [2.05, 4.69) is 10.3 Å². The van der Waals surface area contributed by atoms with Crippen LogP contribution in [-0.4, -0.2) is 28.5 Å². The van der Waals surface area contributed by atoms with Crippen LogP contribution in [0.5, 0.6) is 0 Å². The molecule has 0 radical (unpaired) electrons. The van der Waals surface area contributed by atoms with Crippen molar-refractivity contribution in [1.29, 1.82) is 0 Å². The van der Waals surface area contributed by atoms with Gasteiger partial charge in [-0.1, -0.05) is 12.1 Å². The minimum Gasteiger partial charge on any atom is -0.478 e. The lowest BCUT2D eigenvalue weighted by Gasteiger charge is -2.06. The highest BCUT2D eigenvalue weighted by Gasteiger charge is 2.15. The molecule has 0 spiro atoms. The monoisotopic (exact) mass is 291 g/mol. The van der Waals surface area contributed by atoms with E-state index in [1.807, 2.05) is 0 Å². The number of amides is 1. The number of nitrogens with one attached hydrogen (secondary N) is 1. The van der Waals surface area contributed by atoms with Crippen LogP contribution >= 0.6 is 11.3 Å². The lowest BCUT2D eigenvalue weighted by molar-refractivity contribution is 0.0698. The summed E-state index contributed by atoms with van der Waals surface area (Å²) in [5.74, 6) is -1.53. The Hall–Kier alpha value is -2.25. The van der Waals surface area contributed by atoms with Gasteiger partial charge in [0.1, 0.15) is 5.69 Å². The number of hydrogen-bond acceptors (Lipinski definition) is 5. The van der Waals surface area contributed by atoms with Crippen LogP contribution in [0.2, 0.25) is 0 Å². The van der Waals surface area contributed by atoms with Crippen LogP contribution in [0, 0.1) is 0 Å². The molecule has 0 aliphatic carbocycles. The van der Waals surface area contributed by atoms with Gasteiger partial charge >= 0.3 is 5.97 Å². The smallest absolute Gasteiger partial charge is 0.337 e. The summed E-state index contributed by atoms with van der Waals surface area (Å²) in [4.78, 5) is 27.2. The van der Waals surface area contributed by atoms with Gasteiger partial charge in [-0.2, -0.15) is 0 Å². The Labute approximate surface area is 119 Å². The van der Waals surface area contributed by atoms with Gasteiger partial charge in [0, 0.05) is 11.8 Å². The van der Waals surface area contributed by atoms with E-state index in [0.717, 1.165) is 5.01 Å². The maximum atomic E-state index is 12.0. The number of carbonyl (C=O) groups is 2. The Balaban J connectivity index is 2.17. The molecule has 104 valence electrons. The van der Waals surface area contributed by atoms with E-state index in [0.29, 0.717) is 13.0 Å². The molecular weight excluding hydrogens is 278 g/mol. The predicted molar refractivity (Wildman–Crippen MR) is 76.2 cm³/mol. The molecule has 6 nitrogen and oxygen atoms in total. The first-order chi connectivity index (χ1) is 9.61. The van der Waals surface area contributed by atoms with Crippen molar-refractivity contribution >= 4 is 28.9 Å². The molecule has 0 aliphatic heterocycles. The summed E-state index contributed by atoms with van der Waals surface area (Å²) in [6, 6.07) is 6.22. The van der Waals surface area contributed by atoms with E-state index in [-0.39, 0.29) is 16.9 Å². The molecule has 1 heterocycles. The molecule has 1 amide bonds. The van der Waals surface area contributed by atoms with Crippen LogP contribution in [0.25, 0.3) is 0 Å². The molecule has 0 saturated heterocycles. The third-order valence-electron chi connectivity index (χ3n) is 2.55. The minimum absolute atomic E-state index is 0.0401. The number of hydrogen-bond donors (Lipinski definition) is 3. The summed E-state index contributed by atoms with van der Waals surface area (Å²) in [6.07, 6.45) is 0.615. The lowest BCUT2D eigenvalue weighted by Crippen LogP contribution is -2.15. The van der Waals surface area contributed by atoms with Gasteiger partial charge in [-0.25, -0.2) is 9.78 Å². The molecule has 2 aromatic rings. The van der Waals surface area contributed by atoms with Gasteiger partial charge in [-0.3, -0.25) is 4.79 Å². The fourth-order valence-corrected chi connectivity index (χ4v) is 2.41. The zero-order chi connectivity index (χ0) is 14.5. The van der Waals surface area contributed by atoms with Crippen molar-refractivity contribution in [3.05, 3.63) is 45.9 Å². The van der Waals surface area contributed by atoms with Gasteiger partial charge in [0.2, 0.25) is 0 Å². The van der Waals surface area contributed by atoms with Gasteiger partial charge < -0.3 is 16.2 Å². The molecular formula is C13H13N3O3S. The van der Waals surface area contributed by atoms with Crippen molar-refractivity contribution in [3.63, 3.8) is 0 Å². The van der Waals surface area contributed by atoms with E-state index < -0.39 is 11.9 Å². The second kappa shape index (κ2) is 6.27. The Kier molecular flexibility index (Phi) is 4.44. The van der Waals surface area contributed by atoms with Crippen LogP contribution in [0.1, 0.15) is 25.9 Å². The molecule has 1 aromatic carbocycles. The van der Waals surface area contributed by atoms with Gasteiger partial charge in [-0.05, 0) is 18.7 Å². The third-order valence-corrected chi connectivity index (χ3v) is 3.46. The van der Waals surface area contributed by atoms with E-state index >= 15 is 0 Å². The summed E-state index contributed by atoms with van der Waals surface area (Å²) in [7, 11) is 0. The number of nitrogens with two attached hydrogens (primary N) is 1. The number of carbonyl (C=O) groups excluding carboxylic acids is 1. The summed E-state index contributed by atoms with van der Waals surface area (Å²) < 4.78 is 0. The van der Waals surface area contributed by atoms with E-state index in [1.165, 1.54) is 23.5 Å². The van der Waals surface area contributed by atoms with Crippen LogP contribution in [-0.2, 0) is 6.42 Å².